The van der Waals surface area contributed by atoms with Gasteiger partial charge in [0.1, 0.15) is 60.3 Å². The van der Waals surface area contributed by atoms with Crippen LogP contribution in [0, 0.1) is 17.8 Å². The summed E-state index contributed by atoms with van der Waals surface area (Å²) in [5.74, 6) is 1.25. The van der Waals surface area contributed by atoms with E-state index in [2.05, 4.69) is 30.6 Å². The number of imidazole rings is 2. The Balaban J connectivity index is 1.02. The highest BCUT2D eigenvalue weighted by molar-refractivity contribution is 6.00. The van der Waals surface area contributed by atoms with Gasteiger partial charge in [-0.25, -0.2) is 28.3 Å². The van der Waals surface area contributed by atoms with Gasteiger partial charge < -0.3 is 49.3 Å². The Morgan fingerprint density at radius 3 is 2.15 bits per heavy atom. The third kappa shape index (κ3) is 9.38. The predicted molar refractivity (Wildman–Crippen MR) is 236 cm³/mol. The molecule has 2 aromatic heterocycles. The summed E-state index contributed by atoms with van der Waals surface area (Å²) >= 11 is 0. The highest BCUT2D eigenvalue weighted by Crippen LogP contribution is 2.52. The first-order valence-corrected chi connectivity index (χ1v) is 22.1. The monoisotopic (exact) mass is 898 g/mol. The summed E-state index contributed by atoms with van der Waals surface area (Å²) in [4.78, 5) is 69.9. The lowest BCUT2D eigenvalue weighted by Crippen LogP contribution is -2.52. The second kappa shape index (κ2) is 18.6. The number of alkyl carbamates (subject to hydrolysis) is 2. The van der Waals surface area contributed by atoms with E-state index < -0.39 is 54.5 Å². The van der Waals surface area contributed by atoms with Crippen LogP contribution in [-0.2, 0) is 25.6 Å². The van der Waals surface area contributed by atoms with E-state index >= 15 is 0 Å². The van der Waals surface area contributed by atoms with Gasteiger partial charge >= 0.3 is 12.2 Å². The highest BCUT2D eigenvalue weighted by Gasteiger charge is 2.44. The SMILES string of the molecule is COC(=O)NC(C(=O)N(Cc1ncc(-c2ccc3c(c2)OC(C2CC2)C2=C3COc3cc(-c4cnc(C5CC(F)CN5C(=O)C(NC(=O)OC)C(C)C)[nH]4)ccc32)[nH]1)CC(C)F)C(C)C. The number of likely N-dealkylation sites (tertiary alicyclic amines) is 1. The van der Waals surface area contributed by atoms with Crippen molar-refractivity contribution in [3.05, 3.63) is 71.6 Å². The molecule has 1 saturated heterocycles. The van der Waals surface area contributed by atoms with Crippen molar-refractivity contribution in [1.82, 2.24) is 40.4 Å². The Labute approximate surface area is 375 Å². The molecular formula is C47H56F2N8O8. The van der Waals surface area contributed by atoms with Crippen LogP contribution in [0.25, 0.3) is 33.7 Å². The van der Waals surface area contributed by atoms with Crippen molar-refractivity contribution >= 4 is 35.1 Å². The average molecular weight is 899 g/mol. The number of aromatic nitrogens is 4. The number of aromatic amines is 2. The molecule has 346 valence electrons. The molecule has 8 rings (SSSR count). The van der Waals surface area contributed by atoms with Crippen LogP contribution in [0.5, 0.6) is 11.5 Å². The number of fused-ring (bicyclic) bond motifs is 4. The van der Waals surface area contributed by atoms with Crippen molar-refractivity contribution in [3.63, 3.8) is 0 Å². The summed E-state index contributed by atoms with van der Waals surface area (Å²) < 4.78 is 52.1. The Hall–Kier alpha value is -6.46. The van der Waals surface area contributed by atoms with Crippen LogP contribution in [0.1, 0.15) is 82.7 Å². The summed E-state index contributed by atoms with van der Waals surface area (Å²) in [6, 6.07) is 9.48. The summed E-state index contributed by atoms with van der Waals surface area (Å²) in [7, 11) is 2.44. The molecule has 1 aliphatic carbocycles. The van der Waals surface area contributed by atoms with Gasteiger partial charge in [-0.2, -0.15) is 0 Å². The van der Waals surface area contributed by atoms with Crippen molar-refractivity contribution < 1.29 is 46.9 Å². The zero-order valence-corrected chi connectivity index (χ0v) is 37.6. The molecule has 6 unspecified atom stereocenters. The lowest BCUT2D eigenvalue weighted by molar-refractivity contribution is -0.136. The van der Waals surface area contributed by atoms with Gasteiger partial charge in [-0.1, -0.05) is 52.0 Å². The molecule has 16 nitrogen and oxygen atoms in total. The standard InChI is InChI=1S/C47H56F2N8O8/c1-23(2)40(54-46(60)62-6)44(58)56(19-25(5)48)21-38-50-17-33(52-38)28-10-12-30-32-22-64-36-14-27(11-13-31(36)39(32)42(26-8-9-26)65-37(30)15-28)34-18-51-43(53-34)35-16-29(49)20-57(35)45(59)41(24(3)4)55-47(61)63-7/h10-15,17-18,23-26,29,35,40-42H,8-9,16,19-22H2,1-7H3,(H,50,52)(H,51,53)(H,54,60)(H,55,61). The highest BCUT2D eigenvalue weighted by atomic mass is 19.1. The topological polar surface area (TPSA) is 193 Å². The van der Waals surface area contributed by atoms with Crippen molar-refractivity contribution in [3.8, 4) is 34.0 Å². The van der Waals surface area contributed by atoms with Gasteiger partial charge in [0.15, 0.2) is 0 Å². The predicted octanol–water partition coefficient (Wildman–Crippen LogP) is 7.00. The van der Waals surface area contributed by atoms with E-state index in [1.54, 1.807) is 40.1 Å². The van der Waals surface area contributed by atoms with Gasteiger partial charge in [0, 0.05) is 45.7 Å². The van der Waals surface area contributed by atoms with Gasteiger partial charge in [-0.05, 0) is 43.7 Å². The van der Waals surface area contributed by atoms with Crippen LogP contribution < -0.4 is 20.1 Å². The number of benzene rings is 2. The van der Waals surface area contributed by atoms with Gasteiger partial charge in [0.25, 0.3) is 0 Å². The third-order valence-corrected chi connectivity index (χ3v) is 12.5. The number of carbonyl (C=O) groups is 4. The largest absolute Gasteiger partial charge is 0.488 e. The van der Waals surface area contributed by atoms with Crippen LogP contribution >= 0.6 is 0 Å². The van der Waals surface area contributed by atoms with Crippen LogP contribution in [0.2, 0.25) is 0 Å². The van der Waals surface area contributed by atoms with Crippen molar-refractivity contribution in [2.24, 2.45) is 17.8 Å². The molecule has 4 N–H and O–H groups in total. The number of H-pyrrole nitrogens is 2. The fraction of sp³-hybridized carbons (Fsp3) is 0.489. The number of hydrogen-bond donors (Lipinski definition) is 4. The molecule has 2 aromatic carbocycles. The van der Waals surface area contributed by atoms with E-state index in [1.807, 2.05) is 36.4 Å². The summed E-state index contributed by atoms with van der Waals surface area (Å²) in [6.45, 7) is 8.58. The minimum Gasteiger partial charge on any atom is -0.488 e. The third-order valence-electron chi connectivity index (χ3n) is 12.5. The van der Waals surface area contributed by atoms with Crippen molar-refractivity contribution in [2.45, 2.75) is 97.0 Å². The Kier molecular flexibility index (Phi) is 12.9. The van der Waals surface area contributed by atoms with E-state index in [0.29, 0.717) is 41.3 Å². The molecular weight excluding hydrogens is 843 g/mol. The smallest absolute Gasteiger partial charge is 0.407 e. The first-order chi connectivity index (χ1) is 31.1. The number of rotatable bonds is 14. The fourth-order valence-corrected chi connectivity index (χ4v) is 8.95. The van der Waals surface area contributed by atoms with Crippen LogP contribution in [0.4, 0.5) is 18.4 Å². The molecule has 3 aliphatic heterocycles. The van der Waals surface area contributed by atoms with Crippen LogP contribution in [-0.4, -0.2) is 118 Å². The summed E-state index contributed by atoms with van der Waals surface area (Å²) in [5, 5.41) is 5.17. The van der Waals surface area contributed by atoms with Gasteiger partial charge in [-0.3, -0.25) is 9.59 Å². The minimum absolute atomic E-state index is 0.00319. The van der Waals surface area contributed by atoms with Crippen LogP contribution in [0.15, 0.2) is 48.8 Å². The number of hydrogen-bond acceptors (Lipinski definition) is 10. The molecule has 0 bridgehead atoms. The number of halogens is 2. The van der Waals surface area contributed by atoms with E-state index in [4.69, 9.17) is 18.9 Å². The molecule has 4 aliphatic rings. The van der Waals surface area contributed by atoms with Crippen LogP contribution in [0.3, 0.4) is 0 Å². The number of carbonyl (C=O) groups excluding carboxylic acids is 4. The second-order valence-corrected chi connectivity index (χ2v) is 18.0. The van der Waals surface area contributed by atoms with Gasteiger partial charge in [0.2, 0.25) is 11.8 Å². The molecule has 4 amide bonds. The van der Waals surface area contributed by atoms with Crippen molar-refractivity contribution in [2.75, 3.05) is 33.9 Å². The molecule has 6 atom stereocenters. The summed E-state index contributed by atoms with van der Waals surface area (Å²) in [5.41, 5.74) is 6.99. The lowest BCUT2D eigenvalue weighted by atomic mass is 9.84. The quantitative estimate of drug-likeness (QED) is 0.102. The normalized spacial score (nSPS) is 20.2. The average Bonchev–Trinajstić information content (AvgIpc) is 3.61. The fourth-order valence-electron chi connectivity index (χ4n) is 8.95. The number of nitrogens with one attached hydrogen (secondary N) is 4. The number of amides is 4. The zero-order chi connectivity index (χ0) is 46.3. The maximum atomic E-state index is 15.0. The lowest BCUT2D eigenvalue weighted by Gasteiger charge is -2.35. The zero-order valence-electron chi connectivity index (χ0n) is 37.6. The second-order valence-electron chi connectivity index (χ2n) is 18.0. The van der Waals surface area contributed by atoms with E-state index in [9.17, 15) is 28.0 Å². The van der Waals surface area contributed by atoms with E-state index in [0.717, 1.165) is 52.0 Å². The molecule has 4 aromatic rings. The first kappa shape index (κ1) is 45.1. The van der Waals surface area contributed by atoms with Crippen molar-refractivity contribution in [1.29, 1.82) is 0 Å². The Bertz CT molecular complexity index is 2480. The maximum absolute atomic E-state index is 15.0. The Morgan fingerprint density at radius 1 is 0.877 bits per heavy atom. The molecule has 0 radical (unpaired) electrons. The van der Waals surface area contributed by atoms with E-state index in [-0.39, 0.29) is 44.0 Å². The number of methoxy groups -OCH3 is 2. The molecule has 2 fully saturated rings. The molecule has 1 saturated carbocycles. The minimum atomic E-state index is -1.32. The van der Waals surface area contributed by atoms with Gasteiger partial charge in [0.05, 0.1) is 63.7 Å². The number of alkyl halides is 2. The summed E-state index contributed by atoms with van der Waals surface area (Å²) in [6.07, 6.45) is 1.22. The molecule has 65 heavy (non-hydrogen) atoms. The number of ether oxygens (including phenoxy) is 4. The number of nitrogens with zero attached hydrogens (tertiary/aromatic N) is 4. The molecule has 18 heteroatoms. The first-order valence-electron chi connectivity index (χ1n) is 22.1. The van der Waals surface area contributed by atoms with E-state index in [1.165, 1.54) is 30.9 Å². The Morgan fingerprint density at radius 2 is 1.51 bits per heavy atom. The van der Waals surface area contributed by atoms with Gasteiger partial charge in [-0.15, -0.1) is 0 Å². The molecule has 0 spiro atoms. The molecule has 5 heterocycles. The maximum Gasteiger partial charge on any atom is 0.407 e.